The first kappa shape index (κ1) is 16.7. The summed E-state index contributed by atoms with van der Waals surface area (Å²) >= 11 is 0. The van der Waals surface area contributed by atoms with E-state index < -0.39 is 0 Å². The number of Topliss-reactive ketones (excluding diaryl/α,β-unsaturated/α-hetero) is 1. The van der Waals surface area contributed by atoms with Gasteiger partial charge in [0.15, 0.2) is 5.78 Å². The van der Waals surface area contributed by atoms with Crippen molar-refractivity contribution in [3.05, 3.63) is 64.7 Å². The highest BCUT2D eigenvalue weighted by atomic mass is 16.1. The molecule has 0 radical (unpaired) electrons. The van der Waals surface area contributed by atoms with E-state index in [9.17, 15) is 4.79 Å². The molecule has 0 amide bonds. The fourth-order valence-electron chi connectivity index (χ4n) is 3.24. The summed E-state index contributed by atoms with van der Waals surface area (Å²) in [5.74, 6) is 0.218. The van der Waals surface area contributed by atoms with E-state index in [0.717, 1.165) is 31.7 Å². The highest BCUT2D eigenvalue weighted by Crippen LogP contribution is 2.22. The average molecular weight is 322 g/mol. The van der Waals surface area contributed by atoms with Crippen molar-refractivity contribution >= 4 is 11.5 Å². The molecule has 0 atom stereocenters. The van der Waals surface area contributed by atoms with Gasteiger partial charge in [-0.15, -0.1) is 0 Å². The number of carbonyl (C=O) groups excluding carboxylic acids is 1. The van der Waals surface area contributed by atoms with Crippen molar-refractivity contribution in [1.82, 2.24) is 4.90 Å². The molecule has 1 aliphatic heterocycles. The Morgan fingerprint density at radius 2 is 1.50 bits per heavy atom. The molecule has 2 aromatic rings. The number of aryl methyl sites for hydroxylation is 3. The van der Waals surface area contributed by atoms with Crippen molar-refractivity contribution in [2.24, 2.45) is 0 Å². The maximum absolute atomic E-state index is 12.4. The molecule has 0 saturated carbocycles. The lowest BCUT2D eigenvalue weighted by Crippen LogP contribution is -2.48. The molecule has 0 aromatic heterocycles. The van der Waals surface area contributed by atoms with Crippen molar-refractivity contribution in [2.45, 2.75) is 20.8 Å². The second-order valence-electron chi connectivity index (χ2n) is 6.84. The average Bonchev–Trinajstić information content (AvgIpc) is 2.58. The van der Waals surface area contributed by atoms with Gasteiger partial charge in [-0.25, -0.2) is 0 Å². The molecule has 3 heteroatoms. The lowest BCUT2D eigenvalue weighted by molar-refractivity contribution is 0.0926. The summed E-state index contributed by atoms with van der Waals surface area (Å²) < 4.78 is 0. The zero-order chi connectivity index (χ0) is 17.1. The van der Waals surface area contributed by atoms with Crippen LogP contribution in [-0.2, 0) is 0 Å². The van der Waals surface area contributed by atoms with E-state index >= 15 is 0 Å². The van der Waals surface area contributed by atoms with Crippen LogP contribution in [0, 0.1) is 20.8 Å². The Bertz CT molecular complexity index is 713. The maximum Gasteiger partial charge on any atom is 0.176 e. The van der Waals surface area contributed by atoms with Gasteiger partial charge in [0.1, 0.15) is 0 Å². The number of hydrogen-bond acceptors (Lipinski definition) is 3. The zero-order valence-electron chi connectivity index (χ0n) is 14.9. The fourth-order valence-corrected chi connectivity index (χ4v) is 3.24. The van der Waals surface area contributed by atoms with E-state index in [4.69, 9.17) is 0 Å². The van der Waals surface area contributed by atoms with Gasteiger partial charge in [-0.1, -0.05) is 42.0 Å². The Kier molecular flexibility index (Phi) is 5.00. The largest absolute Gasteiger partial charge is 0.369 e. The van der Waals surface area contributed by atoms with Crippen LogP contribution in [0.1, 0.15) is 27.0 Å². The number of anilines is 1. The summed E-state index contributed by atoms with van der Waals surface area (Å²) in [4.78, 5) is 17.1. The van der Waals surface area contributed by atoms with Crippen molar-refractivity contribution in [1.29, 1.82) is 0 Å². The second-order valence-corrected chi connectivity index (χ2v) is 6.84. The zero-order valence-corrected chi connectivity index (χ0v) is 14.9. The van der Waals surface area contributed by atoms with Gasteiger partial charge in [0.05, 0.1) is 6.54 Å². The Labute approximate surface area is 144 Å². The molecule has 0 N–H and O–H groups in total. The van der Waals surface area contributed by atoms with E-state index in [2.05, 4.69) is 41.8 Å². The van der Waals surface area contributed by atoms with Gasteiger partial charge in [-0.3, -0.25) is 9.69 Å². The summed E-state index contributed by atoms with van der Waals surface area (Å²) in [6.45, 7) is 10.7. The van der Waals surface area contributed by atoms with E-state index in [1.54, 1.807) is 0 Å². The molecule has 1 fully saturated rings. The van der Waals surface area contributed by atoms with Crippen molar-refractivity contribution in [2.75, 3.05) is 37.6 Å². The molecule has 0 spiro atoms. The molecule has 126 valence electrons. The molecule has 0 aliphatic carbocycles. The SMILES string of the molecule is Cc1ccc(C(=O)CN2CCN(c3cc(C)ccc3C)CC2)cc1. The molecule has 2 aromatic carbocycles. The van der Waals surface area contributed by atoms with Crippen LogP contribution in [0.4, 0.5) is 5.69 Å². The summed E-state index contributed by atoms with van der Waals surface area (Å²) in [5.41, 5.74) is 5.96. The monoisotopic (exact) mass is 322 g/mol. The highest BCUT2D eigenvalue weighted by Gasteiger charge is 2.20. The van der Waals surface area contributed by atoms with Crippen LogP contribution >= 0.6 is 0 Å². The quantitative estimate of drug-likeness (QED) is 0.803. The second kappa shape index (κ2) is 7.18. The lowest BCUT2D eigenvalue weighted by atomic mass is 10.1. The predicted octanol–water partition coefficient (Wildman–Crippen LogP) is 3.62. The summed E-state index contributed by atoms with van der Waals surface area (Å²) in [7, 11) is 0. The highest BCUT2D eigenvalue weighted by molar-refractivity contribution is 5.97. The first-order valence-corrected chi connectivity index (χ1v) is 8.67. The van der Waals surface area contributed by atoms with Gasteiger partial charge in [-0.2, -0.15) is 0 Å². The normalized spacial score (nSPS) is 15.5. The number of rotatable bonds is 4. The molecule has 1 heterocycles. The Morgan fingerprint density at radius 1 is 0.875 bits per heavy atom. The topological polar surface area (TPSA) is 23.6 Å². The molecular weight excluding hydrogens is 296 g/mol. The van der Waals surface area contributed by atoms with Crippen LogP contribution in [0.5, 0.6) is 0 Å². The van der Waals surface area contributed by atoms with Gasteiger partial charge in [-0.05, 0) is 38.0 Å². The first-order valence-electron chi connectivity index (χ1n) is 8.67. The van der Waals surface area contributed by atoms with Gasteiger partial charge in [0.25, 0.3) is 0 Å². The van der Waals surface area contributed by atoms with E-state index in [1.807, 2.05) is 31.2 Å². The van der Waals surface area contributed by atoms with Crippen LogP contribution in [0.15, 0.2) is 42.5 Å². The molecule has 3 nitrogen and oxygen atoms in total. The van der Waals surface area contributed by atoms with Crippen LogP contribution < -0.4 is 4.90 Å². The predicted molar refractivity (Wildman–Crippen MR) is 100 cm³/mol. The van der Waals surface area contributed by atoms with Crippen LogP contribution in [0.2, 0.25) is 0 Å². The summed E-state index contributed by atoms with van der Waals surface area (Å²) in [6, 6.07) is 14.5. The minimum absolute atomic E-state index is 0.218. The molecule has 24 heavy (non-hydrogen) atoms. The number of piperazine rings is 1. The third-order valence-electron chi connectivity index (χ3n) is 4.82. The van der Waals surface area contributed by atoms with E-state index in [0.29, 0.717) is 6.54 Å². The standard InChI is InChI=1S/C21H26N2O/c1-16-5-8-19(9-6-16)21(24)15-22-10-12-23(13-11-22)20-14-17(2)4-7-18(20)3/h4-9,14H,10-13,15H2,1-3H3. The Hall–Kier alpha value is -2.13. The van der Waals surface area contributed by atoms with Gasteiger partial charge < -0.3 is 4.90 Å². The molecule has 1 aliphatic rings. The maximum atomic E-state index is 12.4. The van der Waals surface area contributed by atoms with Crippen molar-refractivity contribution in [3.8, 4) is 0 Å². The van der Waals surface area contributed by atoms with Gasteiger partial charge in [0, 0.05) is 37.4 Å². The molecule has 1 saturated heterocycles. The van der Waals surface area contributed by atoms with Crippen molar-refractivity contribution < 1.29 is 4.79 Å². The Morgan fingerprint density at radius 3 is 2.17 bits per heavy atom. The molecule has 0 unspecified atom stereocenters. The van der Waals surface area contributed by atoms with E-state index in [-0.39, 0.29) is 5.78 Å². The van der Waals surface area contributed by atoms with E-state index in [1.165, 1.54) is 22.4 Å². The van der Waals surface area contributed by atoms with Gasteiger partial charge >= 0.3 is 0 Å². The van der Waals surface area contributed by atoms with Crippen LogP contribution in [0.25, 0.3) is 0 Å². The summed E-state index contributed by atoms with van der Waals surface area (Å²) in [6.07, 6.45) is 0. The van der Waals surface area contributed by atoms with Crippen LogP contribution in [0.3, 0.4) is 0 Å². The molecular formula is C21H26N2O. The number of nitrogens with zero attached hydrogens (tertiary/aromatic N) is 2. The van der Waals surface area contributed by atoms with Crippen LogP contribution in [-0.4, -0.2) is 43.4 Å². The first-order chi connectivity index (χ1) is 11.5. The third kappa shape index (κ3) is 3.85. The number of carbonyl (C=O) groups is 1. The minimum atomic E-state index is 0.218. The minimum Gasteiger partial charge on any atom is -0.369 e. The third-order valence-corrected chi connectivity index (χ3v) is 4.82. The van der Waals surface area contributed by atoms with Crippen molar-refractivity contribution in [3.63, 3.8) is 0 Å². The number of hydrogen-bond donors (Lipinski definition) is 0. The molecule has 3 rings (SSSR count). The number of ketones is 1. The smallest absolute Gasteiger partial charge is 0.176 e. The molecule has 0 bridgehead atoms. The Balaban J connectivity index is 1.58. The lowest BCUT2D eigenvalue weighted by Gasteiger charge is -2.36. The number of benzene rings is 2. The fraction of sp³-hybridized carbons (Fsp3) is 0.381. The summed E-state index contributed by atoms with van der Waals surface area (Å²) in [5, 5.41) is 0. The van der Waals surface area contributed by atoms with Gasteiger partial charge in [0.2, 0.25) is 0 Å².